The lowest BCUT2D eigenvalue weighted by Crippen LogP contribution is -2.30. The highest BCUT2D eigenvalue weighted by Crippen LogP contribution is 2.23. The summed E-state index contributed by atoms with van der Waals surface area (Å²) in [6.45, 7) is 6.09. The van der Waals surface area contributed by atoms with Crippen LogP contribution in [0.2, 0.25) is 0 Å². The minimum Gasteiger partial charge on any atom is -0.206 e. The summed E-state index contributed by atoms with van der Waals surface area (Å²) >= 11 is 2.65. The summed E-state index contributed by atoms with van der Waals surface area (Å²) in [6.07, 6.45) is 2.38. The van der Waals surface area contributed by atoms with E-state index in [2.05, 4.69) is 16.8 Å². The van der Waals surface area contributed by atoms with E-state index >= 15 is 0 Å². The van der Waals surface area contributed by atoms with Gasteiger partial charge in [0, 0.05) is 6.54 Å². The van der Waals surface area contributed by atoms with Gasteiger partial charge >= 0.3 is 0 Å². The zero-order valence-corrected chi connectivity index (χ0v) is 13.5. The fraction of sp³-hybridized carbons (Fsp3) is 0.333. The van der Waals surface area contributed by atoms with Crippen LogP contribution in [0.1, 0.15) is 16.9 Å². The molecule has 0 fully saturated rings. The van der Waals surface area contributed by atoms with Gasteiger partial charge in [-0.25, -0.2) is 8.42 Å². The molecule has 0 radical (unpaired) electrons. The van der Waals surface area contributed by atoms with Crippen LogP contribution >= 0.6 is 22.7 Å². The third kappa shape index (κ3) is 3.32. The van der Waals surface area contributed by atoms with Gasteiger partial charge in [0.05, 0.1) is 6.54 Å². The Kier molecular flexibility index (Phi) is 5.03. The van der Waals surface area contributed by atoms with Gasteiger partial charge in [-0.05, 0) is 17.9 Å². The quantitative estimate of drug-likeness (QED) is 0.732. The zero-order valence-electron chi connectivity index (χ0n) is 11.0. The number of aryl methyl sites for hydroxylation is 1. The van der Waals surface area contributed by atoms with E-state index in [1.807, 2.05) is 6.92 Å². The average molecular weight is 329 g/mol. The Labute approximate surface area is 126 Å². The summed E-state index contributed by atoms with van der Waals surface area (Å²) in [7, 11) is -3.50. The van der Waals surface area contributed by atoms with Gasteiger partial charge < -0.3 is 0 Å². The summed E-state index contributed by atoms with van der Waals surface area (Å²) in [4.78, 5) is 0. The molecule has 0 aromatic carbocycles. The van der Waals surface area contributed by atoms with Gasteiger partial charge in [-0.2, -0.15) is 4.31 Å². The SMILES string of the molecule is C=CCN(Cc1nnc(CC)s1)S(=O)(=O)c1cccs1. The number of sulfonamides is 1. The first kappa shape index (κ1) is 15.3. The molecule has 0 spiro atoms. The molecular formula is C12H15N3O2S3. The molecule has 8 heteroatoms. The standard InChI is InChI=1S/C12H15N3O2S3/c1-3-7-15(9-11-14-13-10(4-2)19-11)20(16,17)12-6-5-8-18-12/h3,5-6,8H,1,4,7,9H2,2H3. The molecule has 0 N–H and O–H groups in total. The molecule has 2 rings (SSSR count). The van der Waals surface area contributed by atoms with Crippen LogP contribution in [0.3, 0.4) is 0 Å². The van der Waals surface area contributed by atoms with Crippen molar-refractivity contribution >= 4 is 32.7 Å². The first-order valence-corrected chi connectivity index (χ1v) is 9.17. The van der Waals surface area contributed by atoms with Gasteiger partial charge in [-0.15, -0.1) is 39.4 Å². The van der Waals surface area contributed by atoms with Crippen molar-refractivity contribution in [2.75, 3.05) is 6.54 Å². The number of rotatable bonds is 7. The fourth-order valence-electron chi connectivity index (χ4n) is 1.58. The monoisotopic (exact) mass is 329 g/mol. The number of hydrogen-bond acceptors (Lipinski definition) is 6. The van der Waals surface area contributed by atoms with Gasteiger partial charge in [0.2, 0.25) is 0 Å². The molecule has 0 aliphatic heterocycles. The smallest absolute Gasteiger partial charge is 0.206 e. The molecule has 0 aliphatic rings. The molecule has 0 saturated carbocycles. The minimum atomic E-state index is -3.50. The Bertz CT molecular complexity index is 662. The van der Waals surface area contributed by atoms with Crippen molar-refractivity contribution in [1.82, 2.24) is 14.5 Å². The molecule has 20 heavy (non-hydrogen) atoms. The highest BCUT2D eigenvalue weighted by atomic mass is 32.2. The molecule has 0 saturated heterocycles. The Morgan fingerprint density at radius 1 is 1.40 bits per heavy atom. The molecule has 2 aromatic rings. The molecule has 0 bridgehead atoms. The van der Waals surface area contributed by atoms with E-state index in [9.17, 15) is 8.42 Å². The maximum atomic E-state index is 12.5. The lowest BCUT2D eigenvalue weighted by Gasteiger charge is -2.18. The third-order valence-electron chi connectivity index (χ3n) is 2.54. The molecule has 2 aromatic heterocycles. The molecule has 5 nitrogen and oxygen atoms in total. The maximum absolute atomic E-state index is 12.5. The van der Waals surface area contributed by atoms with Crippen LogP contribution in [0.5, 0.6) is 0 Å². The number of nitrogens with zero attached hydrogens (tertiary/aromatic N) is 3. The van der Waals surface area contributed by atoms with Crippen LogP contribution in [0.25, 0.3) is 0 Å². The van der Waals surface area contributed by atoms with Crippen molar-refractivity contribution in [3.8, 4) is 0 Å². The molecule has 0 unspecified atom stereocenters. The zero-order chi connectivity index (χ0) is 14.6. The van der Waals surface area contributed by atoms with Crippen molar-refractivity contribution in [3.05, 3.63) is 40.2 Å². The highest BCUT2D eigenvalue weighted by Gasteiger charge is 2.25. The van der Waals surface area contributed by atoms with Crippen LogP contribution in [-0.4, -0.2) is 29.5 Å². The normalized spacial score (nSPS) is 11.9. The van der Waals surface area contributed by atoms with E-state index in [0.717, 1.165) is 11.4 Å². The van der Waals surface area contributed by atoms with E-state index in [-0.39, 0.29) is 13.1 Å². The average Bonchev–Trinajstić information content (AvgIpc) is 3.09. The summed E-state index contributed by atoms with van der Waals surface area (Å²) in [5.41, 5.74) is 0. The summed E-state index contributed by atoms with van der Waals surface area (Å²) in [5.74, 6) is 0. The Balaban J connectivity index is 2.25. The lowest BCUT2D eigenvalue weighted by atomic mass is 10.5. The third-order valence-corrected chi connectivity index (χ3v) is 6.78. The van der Waals surface area contributed by atoms with Crippen LogP contribution in [0.15, 0.2) is 34.4 Å². The van der Waals surface area contributed by atoms with E-state index in [0.29, 0.717) is 9.22 Å². The van der Waals surface area contributed by atoms with Crippen LogP contribution in [0.4, 0.5) is 0 Å². The maximum Gasteiger partial charge on any atom is 0.253 e. The summed E-state index contributed by atoms with van der Waals surface area (Å²) in [5, 5.41) is 11.4. The first-order valence-electron chi connectivity index (χ1n) is 6.03. The van der Waals surface area contributed by atoms with E-state index in [1.165, 1.54) is 27.0 Å². The van der Waals surface area contributed by atoms with Gasteiger partial charge in [-0.1, -0.05) is 19.1 Å². The summed E-state index contributed by atoms with van der Waals surface area (Å²) < 4.78 is 26.7. The molecule has 0 amide bonds. The van der Waals surface area contributed by atoms with E-state index in [1.54, 1.807) is 23.6 Å². The first-order chi connectivity index (χ1) is 9.57. The van der Waals surface area contributed by atoms with Gasteiger partial charge in [0.15, 0.2) is 0 Å². The second kappa shape index (κ2) is 6.57. The molecule has 2 heterocycles. The molecule has 0 atom stereocenters. The second-order valence-corrected chi connectivity index (χ2v) is 8.22. The molecule has 108 valence electrons. The Morgan fingerprint density at radius 3 is 2.70 bits per heavy atom. The van der Waals surface area contributed by atoms with E-state index < -0.39 is 10.0 Å². The Morgan fingerprint density at radius 2 is 2.15 bits per heavy atom. The Hall–Kier alpha value is -1.09. The van der Waals surface area contributed by atoms with Crippen LogP contribution in [0, 0.1) is 0 Å². The fourth-order valence-corrected chi connectivity index (χ4v) is 4.97. The van der Waals surface area contributed by atoms with Crippen molar-refractivity contribution in [3.63, 3.8) is 0 Å². The predicted octanol–water partition coefficient (Wildman–Crippen LogP) is 2.54. The topological polar surface area (TPSA) is 63.2 Å². The van der Waals surface area contributed by atoms with Crippen LogP contribution in [-0.2, 0) is 23.0 Å². The number of aromatic nitrogens is 2. The number of thiophene rings is 1. The molecular weight excluding hydrogens is 314 g/mol. The van der Waals surface area contributed by atoms with Gasteiger partial charge in [0.25, 0.3) is 10.0 Å². The minimum absolute atomic E-state index is 0.226. The van der Waals surface area contributed by atoms with Crippen LogP contribution < -0.4 is 0 Å². The van der Waals surface area contributed by atoms with Gasteiger partial charge in [-0.3, -0.25) is 0 Å². The highest BCUT2D eigenvalue weighted by molar-refractivity contribution is 7.91. The van der Waals surface area contributed by atoms with Gasteiger partial charge in [0.1, 0.15) is 14.2 Å². The largest absolute Gasteiger partial charge is 0.253 e. The van der Waals surface area contributed by atoms with Crippen molar-refractivity contribution in [2.24, 2.45) is 0 Å². The number of hydrogen-bond donors (Lipinski definition) is 0. The van der Waals surface area contributed by atoms with E-state index in [4.69, 9.17) is 0 Å². The van der Waals surface area contributed by atoms with Crippen molar-refractivity contribution in [1.29, 1.82) is 0 Å². The summed E-state index contributed by atoms with van der Waals surface area (Å²) in [6, 6.07) is 3.33. The van der Waals surface area contributed by atoms with Crippen molar-refractivity contribution < 1.29 is 8.42 Å². The molecule has 0 aliphatic carbocycles. The second-order valence-electron chi connectivity index (χ2n) is 3.96. The van der Waals surface area contributed by atoms with Crippen molar-refractivity contribution in [2.45, 2.75) is 24.1 Å². The lowest BCUT2D eigenvalue weighted by molar-refractivity contribution is 0.438. The predicted molar refractivity (Wildman–Crippen MR) is 81.4 cm³/mol.